The number of piperazine rings is 1. The molecule has 7 nitrogen and oxygen atoms in total. The maximum Gasteiger partial charge on any atom is 0.313 e. The first-order chi connectivity index (χ1) is 13.4. The van der Waals surface area contributed by atoms with Crippen LogP contribution in [-0.2, 0) is 16.1 Å². The number of nitrogens with one attached hydrogen (secondary N) is 2. The van der Waals surface area contributed by atoms with Crippen molar-refractivity contribution in [2.75, 3.05) is 43.4 Å². The fraction of sp³-hybridized carbons (Fsp3) is 0.350. The number of nitrogens with zero attached hydrogens (tertiary/aromatic N) is 3. The molecule has 1 aliphatic heterocycles. The number of aromatic nitrogens is 1. The molecule has 0 spiro atoms. The molecule has 1 saturated heterocycles. The number of pyridine rings is 1. The third kappa shape index (κ3) is 5.04. The van der Waals surface area contributed by atoms with Crippen molar-refractivity contribution in [1.82, 2.24) is 15.2 Å². The molecule has 0 radical (unpaired) electrons. The zero-order valence-corrected chi connectivity index (χ0v) is 16.0. The van der Waals surface area contributed by atoms with E-state index in [1.54, 1.807) is 25.3 Å². The van der Waals surface area contributed by atoms with E-state index in [0.717, 1.165) is 43.1 Å². The quantitative estimate of drug-likeness (QED) is 0.781. The highest BCUT2D eigenvalue weighted by atomic mass is 19.1. The van der Waals surface area contributed by atoms with Gasteiger partial charge in [0.05, 0.1) is 5.69 Å². The molecule has 0 saturated carbocycles. The van der Waals surface area contributed by atoms with E-state index in [0.29, 0.717) is 0 Å². The predicted molar refractivity (Wildman–Crippen MR) is 106 cm³/mol. The number of likely N-dealkylation sites (N-methyl/N-ethyl adjacent to an activating group) is 1. The zero-order chi connectivity index (χ0) is 20.1. The van der Waals surface area contributed by atoms with Crippen LogP contribution in [0, 0.1) is 12.7 Å². The van der Waals surface area contributed by atoms with Crippen molar-refractivity contribution in [3.05, 3.63) is 53.5 Å². The summed E-state index contributed by atoms with van der Waals surface area (Å²) in [5, 5.41) is 4.87. The van der Waals surface area contributed by atoms with Gasteiger partial charge in [0, 0.05) is 38.9 Å². The number of anilines is 2. The summed E-state index contributed by atoms with van der Waals surface area (Å²) in [5.74, 6) is -1.46. The average molecular weight is 385 g/mol. The molecule has 1 aliphatic rings. The van der Waals surface area contributed by atoms with E-state index in [1.807, 2.05) is 6.07 Å². The number of aryl methyl sites for hydroxylation is 1. The molecule has 8 heteroatoms. The lowest BCUT2D eigenvalue weighted by atomic mass is 10.2. The Bertz CT molecular complexity index is 865. The highest BCUT2D eigenvalue weighted by Crippen LogP contribution is 2.16. The Hall–Kier alpha value is -3.00. The topological polar surface area (TPSA) is 77.6 Å². The van der Waals surface area contributed by atoms with Crippen LogP contribution in [0.5, 0.6) is 0 Å². The molecule has 0 unspecified atom stereocenters. The minimum Gasteiger partial charge on any atom is -0.354 e. The van der Waals surface area contributed by atoms with Crippen molar-refractivity contribution in [2.24, 2.45) is 0 Å². The molecule has 3 rings (SSSR count). The lowest BCUT2D eigenvalue weighted by Gasteiger charge is -2.33. The Morgan fingerprint density at radius 3 is 2.61 bits per heavy atom. The Balaban J connectivity index is 1.56. The Kier molecular flexibility index (Phi) is 6.20. The standard InChI is InChI=1S/C20H24FN5O2/c1-14-3-4-16(21)17(11-14)24-20(28)19(27)23-13-15-5-6-22-18(12-15)26-9-7-25(2)8-10-26/h3-6,11-12H,7-10,13H2,1-2H3,(H,23,27)(H,24,28). The van der Waals surface area contributed by atoms with Crippen molar-refractivity contribution >= 4 is 23.3 Å². The van der Waals surface area contributed by atoms with Crippen LogP contribution in [0.15, 0.2) is 36.5 Å². The monoisotopic (exact) mass is 385 g/mol. The van der Waals surface area contributed by atoms with Crippen molar-refractivity contribution in [3.63, 3.8) is 0 Å². The summed E-state index contributed by atoms with van der Waals surface area (Å²) in [6, 6.07) is 8.01. The second-order valence-corrected chi connectivity index (χ2v) is 6.93. The van der Waals surface area contributed by atoms with Gasteiger partial charge in [-0.15, -0.1) is 0 Å². The summed E-state index contributed by atoms with van der Waals surface area (Å²) in [6.45, 7) is 5.69. The van der Waals surface area contributed by atoms with Gasteiger partial charge in [0.15, 0.2) is 0 Å². The number of carbonyl (C=O) groups is 2. The molecule has 2 heterocycles. The number of hydrogen-bond acceptors (Lipinski definition) is 5. The maximum atomic E-state index is 13.7. The third-order valence-electron chi connectivity index (χ3n) is 4.67. The van der Waals surface area contributed by atoms with E-state index in [1.165, 1.54) is 12.1 Å². The molecule has 2 aromatic rings. The minimum atomic E-state index is -0.905. The van der Waals surface area contributed by atoms with Gasteiger partial charge in [-0.2, -0.15) is 0 Å². The van der Waals surface area contributed by atoms with Gasteiger partial charge >= 0.3 is 11.8 Å². The molecule has 1 aromatic heterocycles. The van der Waals surface area contributed by atoms with Gasteiger partial charge in [-0.25, -0.2) is 9.37 Å². The van der Waals surface area contributed by atoms with Gasteiger partial charge in [0.1, 0.15) is 11.6 Å². The molecule has 2 amide bonds. The second-order valence-electron chi connectivity index (χ2n) is 6.93. The van der Waals surface area contributed by atoms with E-state index in [4.69, 9.17) is 0 Å². The Morgan fingerprint density at radius 1 is 1.11 bits per heavy atom. The largest absolute Gasteiger partial charge is 0.354 e. The van der Waals surface area contributed by atoms with Crippen LogP contribution >= 0.6 is 0 Å². The van der Waals surface area contributed by atoms with Crippen LogP contribution in [0.3, 0.4) is 0 Å². The third-order valence-corrected chi connectivity index (χ3v) is 4.67. The highest BCUT2D eigenvalue weighted by Gasteiger charge is 2.17. The molecular weight excluding hydrogens is 361 g/mol. The fourth-order valence-corrected chi connectivity index (χ4v) is 2.96. The highest BCUT2D eigenvalue weighted by molar-refractivity contribution is 6.39. The molecule has 28 heavy (non-hydrogen) atoms. The number of amides is 2. The summed E-state index contributed by atoms with van der Waals surface area (Å²) in [6.07, 6.45) is 1.69. The van der Waals surface area contributed by atoms with Gasteiger partial charge in [0.25, 0.3) is 0 Å². The van der Waals surface area contributed by atoms with Crippen molar-refractivity contribution < 1.29 is 14.0 Å². The Morgan fingerprint density at radius 2 is 1.86 bits per heavy atom. The van der Waals surface area contributed by atoms with Crippen LogP contribution in [0.1, 0.15) is 11.1 Å². The first-order valence-corrected chi connectivity index (χ1v) is 9.16. The van der Waals surface area contributed by atoms with Crippen molar-refractivity contribution in [3.8, 4) is 0 Å². The average Bonchev–Trinajstić information content (AvgIpc) is 2.69. The first-order valence-electron chi connectivity index (χ1n) is 9.16. The van der Waals surface area contributed by atoms with Crippen LogP contribution in [0.2, 0.25) is 0 Å². The van der Waals surface area contributed by atoms with E-state index >= 15 is 0 Å². The summed E-state index contributed by atoms with van der Waals surface area (Å²) in [7, 11) is 2.09. The molecule has 148 valence electrons. The predicted octanol–water partition coefficient (Wildman–Crippen LogP) is 1.54. The smallest absolute Gasteiger partial charge is 0.313 e. The van der Waals surface area contributed by atoms with Crippen molar-refractivity contribution in [2.45, 2.75) is 13.5 Å². The van der Waals surface area contributed by atoms with Gasteiger partial charge in [-0.1, -0.05) is 6.07 Å². The Labute approximate surface area is 163 Å². The molecule has 1 aromatic carbocycles. The lowest BCUT2D eigenvalue weighted by molar-refractivity contribution is -0.136. The molecule has 0 aliphatic carbocycles. The summed E-state index contributed by atoms with van der Waals surface area (Å²) < 4.78 is 13.7. The zero-order valence-electron chi connectivity index (χ0n) is 16.0. The number of hydrogen-bond donors (Lipinski definition) is 2. The lowest BCUT2D eigenvalue weighted by Crippen LogP contribution is -2.44. The molecule has 1 fully saturated rings. The summed E-state index contributed by atoms with van der Waals surface area (Å²) in [5.41, 5.74) is 1.61. The fourth-order valence-electron chi connectivity index (χ4n) is 2.96. The number of halogens is 1. The molecule has 0 bridgehead atoms. The number of carbonyl (C=O) groups excluding carboxylic acids is 2. The van der Waals surface area contributed by atoms with E-state index in [9.17, 15) is 14.0 Å². The van der Waals surface area contributed by atoms with Crippen LogP contribution in [0.4, 0.5) is 15.9 Å². The summed E-state index contributed by atoms with van der Waals surface area (Å²) >= 11 is 0. The maximum absolute atomic E-state index is 13.7. The van der Waals surface area contributed by atoms with Crippen LogP contribution in [0.25, 0.3) is 0 Å². The number of rotatable bonds is 4. The number of benzene rings is 1. The molecule has 0 atom stereocenters. The SMILES string of the molecule is Cc1ccc(F)c(NC(=O)C(=O)NCc2ccnc(N3CCN(C)CC3)c2)c1. The minimum absolute atomic E-state index is 0.0126. The molecule has 2 N–H and O–H groups in total. The van der Waals surface area contributed by atoms with Gasteiger partial charge in [0.2, 0.25) is 0 Å². The normalized spacial score (nSPS) is 14.6. The van der Waals surface area contributed by atoms with Gasteiger partial charge < -0.3 is 20.4 Å². The van der Waals surface area contributed by atoms with E-state index in [-0.39, 0.29) is 12.2 Å². The summed E-state index contributed by atoms with van der Waals surface area (Å²) in [4.78, 5) is 32.9. The second kappa shape index (κ2) is 8.79. The van der Waals surface area contributed by atoms with Crippen molar-refractivity contribution in [1.29, 1.82) is 0 Å². The van der Waals surface area contributed by atoms with Gasteiger partial charge in [-0.05, 0) is 49.4 Å². The van der Waals surface area contributed by atoms with E-state index < -0.39 is 17.6 Å². The molecular formula is C20H24FN5O2. The van der Waals surface area contributed by atoms with E-state index in [2.05, 4.69) is 32.5 Å². The van der Waals surface area contributed by atoms with Crippen LogP contribution < -0.4 is 15.5 Å². The van der Waals surface area contributed by atoms with Crippen LogP contribution in [-0.4, -0.2) is 54.9 Å². The van der Waals surface area contributed by atoms with Gasteiger partial charge in [-0.3, -0.25) is 9.59 Å². The first kappa shape index (κ1) is 19.8.